The van der Waals surface area contributed by atoms with Crippen LogP contribution in [0.3, 0.4) is 0 Å². The van der Waals surface area contributed by atoms with Crippen molar-refractivity contribution in [1.29, 1.82) is 0 Å². The second kappa shape index (κ2) is 6.46. The summed E-state index contributed by atoms with van der Waals surface area (Å²) in [4.78, 5) is 27.9. The van der Waals surface area contributed by atoms with Crippen LogP contribution in [0.5, 0.6) is 0 Å². The third-order valence-electron chi connectivity index (χ3n) is 4.13. The van der Waals surface area contributed by atoms with Crippen LogP contribution < -0.4 is 0 Å². The summed E-state index contributed by atoms with van der Waals surface area (Å²) in [5, 5.41) is 9.38. The number of thioether (sulfide) groups is 1. The van der Waals surface area contributed by atoms with Crippen molar-refractivity contribution >= 4 is 23.8 Å². The Balaban J connectivity index is 2.19. The monoisotopic (exact) mass is 314 g/mol. The van der Waals surface area contributed by atoms with Gasteiger partial charge in [-0.05, 0) is 38.5 Å². The molecule has 2 aliphatic rings. The number of amides is 2. The largest absolute Gasteiger partial charge is 0.480 e. The maximum Gasteiger partial charge on any atom is 0.327 e. The number of hydrogen-bond donors (Lipinski definition) is 1. The molecule has 0 spiro atoms. The van der Waals surface area contributed by atoms with E-state index in [4.69, 9.17) is 0 Å². The molecule has 0 aromatic rings. The van der Waals surface area contributed by atoms with Crippen molar-refractivity contribution in [2.45, 2.75) is 58.0 Å². The Bertz CT molecular complexity index is 410. The molecule has 0 bridgehead atoms. The Hall–Kier alpha value is -0.910. The van der Waals surface area contributed by atoms with Crippen LogP contribution in [-0.4, -0.2) is 56.7 Å². The summed E-state index contributed by atoms with van der Waals surface area (Å²) in [5.41, 5.74) is 0. The van der Waals surface area contributed by atoms with E-state index in [9.17, 15) is 14.7 Å². The number of carbonyl (C=O) groups excluding carboxylic acids is 1. The lowest BCUT2D eigenvalue weighted by molar-refractivity contribution is -0.141. The number of carboxylic acid groups (broad SMARTS) is 1. The van der Waals surface area contributed by atoms with Crippen LogP contribution in [0.25, 0.3) is 0 Å². The molecule has 1 aliphatic heterocycles. The smallest absolute Gasteiger partial charge is 0.327 e. The van der Waals surface area contributed by atoms with Gasteiger partial charge in [0.05, 0.1) is 5.37 Å². The molecule has 1 heterocycles. The molecule has 1 saturated carbocycles. The number of aliphatic carboxylic acids is 1. The minimum atomic E-state index is -0.894. The lowest BCUT2D eigenvalue weighted by atomic mass is 10.1. The van der Waals surface area contributed by atoms with Crippen LogP contribution in [-0.2, 0) is 4.79 Å². The van der Waals surface area contributed by atoms with Gasteiger partial charge in [-0.15, -0.1) is 11.8 Å². The summed E-state index contributed by atoms with van der Waals surface area (Å²) >= 11 is 1.58. The third kappa shape index (κ3) is 3.65. The summed E-state index contributed by atoms with van der Waals surface area (Å²) in [6, 6.07) is -0.700. The molecule has 1 N–H and O–H groups in total. The lowest BCUT2D eigenvalue weighted by Gasteiger charge is -2.37. The summed E-state index contributed by atoms with van der Waals surface area (Å²) in [5.74, 6) is 0.444. The molecule has 6 heteroatoms. The zero-order chi connectivity index (χ0) is 15.7. The minimum absolute atomic E-state index is 0.0425. The molecular weight excluding hydrogens is 288 g/mol. The van der Waals surface area contributed by atoms with Gasteiger partial charge in [-0.1, -0.05) is 13.8 Å². The Labute approximate surface area is 131 Å². The van der Waals surface area contributed by atoms with Gasteiger partial charge in [-0.2, -0.15) is 0 Å². The normalized spacial score (nSPS) is 25.7. The fourth-order valence-electron chi connectivity index (χ4n) is 2.71. The quantitative estimate of drug-likeness (QED) is 0.847. The van der Waals surface area contributed by atoms with Crippen LogP contribution in [0.1, 0.15) is 40.5 Å². The fraction of sp³-hybridized carbons (Fsp3) is 0.867. The number of urea groups is 1. The van der Waals surface area contributed by atoms with Gasteiger partial charge in [0.1, 0.15) is 6.04 Å². The van der Waals surface area contributed by atoms with Crippen LogP contribution >= 0.6 is 11.8 Å². The summed E-state index contributed by atoms with van der Waals surface area (Å²) < 4.78 is 0. The molecule has 21 heavy (non-hydrogen) atoms. The van der Waals surface area contributed by atoms with Crippen LogP contribution in [0.15, 0.2) is 0 Å². The van der Waals surface area contributed by atoms with Crippen molar-refractivity contribution in [1.82, 2.24) is 9.80 Å². The SMILES string of the molecule is CC(C)C1SCC(C(=O)O)N1C(=O)N(CC1CC1)C(C)C. The van der Waals surface area contributed by atoms with Crippen molar-refractivity contribution in [2.24, 2.45) is 11.8 Å². The van der Waals surface area contributed by atoms with E-state index < -0.39 is 12.0 Å². The molecule has 2 atom stereocenters. The molecule has 5 nitrogen and oxygen atoms in total. The van der Waals surface area contributed by atoms with Crippen molar-refractivity contribution in [3.63, 3.8) is 0 Å². The fourth-order valence-corrected chi connectivity index (χ4v) is 4.18. The van der Waals surface area contributed by atoms with Gasteiger partial charge in [-0.3, -0.25) is 4.90 Å². The zero-order valence-electron chi connectivity index (χ0n) is 13.3. The van der Waals surface area contributed by atoms with Crippen LogP contribution in [0, 0.1) is 11.8 Å². The first-order valence-corrected chi connectivity index (χ1v) is 8.81. The van der Waals surface area contributed by atoms with Crippen molar-refractivity contribution < 1.29 is 14.7 Å². The third-order valence-corrected chi connectivity index (χ3v) is 5.75. The molecule has 0 radical (unpaired) electrons. The average molecular weight is 314 g/mol. The Kier molecular flexibility index (Phi) is 5.07. The maximum absolute atomic E-state index is 13.0. The molecule has 1 saturated heterocycles. The zero-order valence-corrected chi connectivity index (χ0v) is 14.1. The highest BCUT2D eigenvalue weighted by molar-refractivity contribution is 8.00. The highest BCUT2D eigenvalue weighted by Gasteiger charge is 2.45. The molecule has 1 aliphatic carbocycles. The van der Waals surface area contributed by atoms with Gasteiger partial charge in [-0.25, -0.2) is 9.59 Å². The van der Waals surface area contributed by atoms with E-state index in [1.54, 1.807) is 16.7 Å². The van der Waals surface area contributed by atoms with Crippen LogP contribution in [0.4, 0.5) is 4.79 Å². The Morgan fingerprint density at radius 2 is 1.90 bits per heavy atom. The van der Waals surface area contributed by atoms with Crippen molar-refractivity contribution in [3.8, 4) is 0 Å². The number of carbonyl (C=O) groups is 2. The molecule has 2 rings (SSSR count). The number of hydrogen-bond acceptors (Lipinski definition) is 3. The summed E-state index contributed by atoms with van der Waals surface area (Å²) in [6.07, 6.45) is 2.36. The van der Waals surface area contributed by atoms with Crippen LogP contribution in [0.2, 0.25) is 0 Å². The second-order valence-corrected chi connectivity index (χ2v) is 7.85. The molecule has 120 valence electrons. The number of carboxylic acids is 1. The van der Waals surface area contributed by atoms with E-state index in [1.807, 2.05) is 32.6 Å². The first-order chi connectivity index (χ1) is 9.82. The molecule has 2 unspecified atom stereocenters. The Morgan fingerprint density at radius 1 is 1.29 bits per heavy atom. The molecule has 2 amide bonds. The topological polar surface area (TPSA) is 60.9 Å². The van der Waals surface area contributed by atoms with Gasteiger partial charge in [0.2, 0.25) is 0 Å². The number of nitrogens with zero attached hydrogens (tertiary/aromatic N) is 2. The lowest BCUT2D eigenvalue weighted by Crippen LogP contribution is -2.54. The molecule has 0 aromatic carbocycles. The Morgan fingerprint density at radius 3 is 2.33 bits per heavy atom. The standard InChI is InChI=1S/C15H26N2O3S/c1-9(2)13-17(12(8-21-13)14(18)19)15(20)16(10(3)4)7-11-5-6-11/h9-13H,5-8H2,1-4H3,(H,18,19). The van der Waals surface area contributed by atoms with Gasteiger partial charge in [0.15, 0.2) is 0 Å². The van der Waals surface area contributed by atoms with E-state index >= 15 is 0 Å². The minimum Gasteiger partial charge on any atom is -0.480 e. The van der Waals surface area contributed by atoms with E-state index in [0.717, 1.165) is 6.54 Å². The highest BCUT2D eigenvalue weighted by atomic mass is 32.2. The van der Waals surface area contributed by atoms with Gasteiger partial charge < -0.3 is 10.0 Å². The van der Waals surface area contributed by atoms with E-state index in [-0.39, 0.29) is 23.4 Å². The summed E-state index contributed by atoms with van der Waals surface area (Å²) in [6.45, 7) is 8.85. The predicted molar refractivity (Wildman–Crippen MR) is 84.3 cm³/mol. The molecular formula is C15H26N2O3S. The first kappa shape index (κ1) is 16.5. The average Bonchev–Trinajstić information content (AvgIpc) is 3.08. The molecule has 2 fully saturated rings. The van der Waals surface area contributed by atoms with E-state index in [1.165, 1.54) is 12.8 Å². The first-order valence-electron chi connectivity index (χ1n) is 7.76. The van der Waals surface area contributed by atoms with Crippen molar-refractivity contribution in [3.05, 3.63) is 0 Å². The predicted octanol–water partition coefficient (Wildman–Crippen LogP) is 2.71. The number of rotatable bonds is 5. The van der Waals surface area contributed by atoms with Crippen molar-refractivity contribution in [2.75, 3.05) is 12.3 Å². The second-order valence-electron chi connectivity index (χ2n) is 6.70. The van der Waals surface area contributed by atoms with Gasteiger partial charge >= 0.3 is 12.0 Å². The summed E-state index contributed by atoms with van der Waals surface area (Å²) in [7, 11) is 0. The highest BCUT2D eigenvalue weighted by Crippen LogP contribution is 2.36. The van der Waals surface area contributed by atoms with E-state index in [0.29, 0.717) is 11.7 Å². The van der Waals surface area contributed by atoms with E-state index in [2.05, 4.69) is 0 Å². The molecule has 0 aromatic heterocycles. The van der Waals surface area contributed by atoms with Gasteiger partial charge in [0, 0.05) is 18.3 Å². The van der Waals surface area contributed by atoms with Gasteiger partial charge in [0.25, 0.3) is 0 Å². The maximum atomic E-state index is 13.0.